The van der Waals surface area contributed by atoms with Gasteiger partial charge in [0.05, 0.1) is 21.8 Å². The van der Waals surface area contributed by atoms with Crippen LogP contribution in [0.1, 0.15) is 12.8 Å². The van der Waals surface area contributed by atoms with Gasteiger partial charge < -0.3 is 4.74 Å². The summed E-state index contributed by atoms with van der Waals surface area (Å²) in [5, 5.41) is 3.01. The maximum absolute atomic E-state index is 5.46. The number of aromatic nitrogens is 1. The number of pyridine rings is 1. The quantitative estimate of drug-likeness (QED) is 0.757. The molecule has 0 unspecified atom stereocenters. The highest BCUT2D eigenvalue weighted by Crippen LogP contribution is 2.37. The first-order chi connectivity index (χ1) is 8.92. The molecule has 0 spiro atoms. The Morgan fingerprint density at radius 1 is 1.11 bits per heavy atom. The van der Waals surface area contributed by atoms with Crippen molar-refractivity contribution in [2.45, 2.75) is 12.8 Å². The molecule has 1 aromatic carbocycles. The fraction of sp³-hybridized carbons (Fsp3) is 0.200. The summed E-state index contributed by atoms with van der Waals surface area (Å²) in [6, 6.07) is 8.09. The second-order valence-corrected chi connectivity index (χ2v) is 4.76. The molecule has 0 bridgehead atoms. The first kappa shape index (κ1) is 9.83. The van der Waals surface area contributed by atoms with E-state index in [0.29, 0.717) is 5.92 Å². The fourth-order valence-electron chi connectivity index (χ4n) is 2.25. The summed E-state index contributed by atoms with van der Waals surface area (Å²) in [6.07, 6.45) is 7.76. The second-order valence-electron chi connectivity index (χ2n) is 4.76. The van der Waals surface area contributed by atoms with E-state index in [1.54, 1.807) is 12.5 Å². The van der Waals surface area contributed by atoms with Gasteiger partial charge in [-0.3, -0.25) is 4.98 Å². The molecule has 2 aromatic rings. The van der Waals surface area contributed by atoms with Crippen LogP contribution in [-0.2, 0) is 4.74 Å². The van der Waals surface area contributed by atoms with E-state index in [4.69, 9.17) is 9.73 Å². The summed E-state index contributed by atoms with van der Waals surface area (Å²) in [7, 11) is 0. The van der Waals surface area contributed by atoms with Crippen LogP contribution in [-0.4, -0.2) is 4.98 Å². The number of hydrogen-bond acceptors (Lipinski definition) is 3. The number of rotatable bonds is 1. The molecule has 1 aliphatic heterocycles. The van der Waals surface area contributed by atoms with Crippen LogP contribution in [0.2, 0.25) is 0 Å². The summed E-state index contributed by atoms with van der Waals surface area (Å²) in [5.41, 5.74) is 2.03. The molecule has 0 atom stereocenters. The van der Waals surface area contributed by atoms with Crippen molar-refractivity contribution in [3.63, 3.8) is 0 Å². The second kappa shape index (κ2) is 3.67. The molecular formula is C15H12N2O. The van der Waals surface area contributed by atoms with Crippen LogP contribution in [0.4, 0.5) is 0 Å². The summed E-state index contributed by atoms with van der Waals surface area (Å²) < 4.78 is 5.46. The number of ether oxygens (including phenoxy) is 1. The van der Waals surface area contributed by atoms with Gasteiger partial charge >= 0.3 is 0 Å². The smallest absolute Gasteiger partial charge is 0.112 e. The zero-order chi connectivity index (χ0) is 11.9. The van der Waals surface area contributed by atoms with Crippen molar-refractivity contribution in [3.05, 3.63) is 53.0 Å². The van der Waals surface area contributed by atoms with Crippen LogP contribution in [0.5, 0.6) is 0 Å². The minimum atomic E-state index is 0.580. The van der Waals surface area contributed by atoms with Crippen molar-refractivity contribution in [2.24, 2.45) is 10.9 Å². The van der Waals surface area contributed by atoms with Gasteiger partial charge in [-0.05, 0) is 18.9 Å². The molecule has 2 heterocycles. The standard InChI is InChI=1S/C15H12N2O/c1-2-4-13-12(3-1)15-11(7-16-13)8-18-9-14(17-15)10-5-6-10/h1-4,7-10H,5-6H2. The summed E-state index contributed by atoms with van der Waals surface area (Å²) in [6.45, 7) is 0. The summed E-state index contributed by atoms with van der Waals surface area (Å²) >= 11 is 0. The molecular weight excluding hydrogens is 224 g/mol. The predicted octanol–water partition coefficient (Wildman–Crippen LogP) is 1.87. The molecule has 18 heavy (non-hydrogen) atoms. The molecule has 0 saturated heterocycles. The van der Waals surface area contributed by atoms with E-state index in [1.165, 1.54) is 12.8 Å². The number of allylic oxidation sites excluding steroid dienone is 1. The van der Waals surface area contributed by atoms with Crippen molar-refractivity contribution in [2.75, 3.05) is 0 Å². The Balaban J connectivity index is 2.09. The van der Waals surface area contributed by atoms with Gasteiger partial charge in [0.15, 0.2) is 0 Å². The van der Waals surface area contributed by atoms with Gasteiger partial charge in [-0.15, -0.1) is 0 Å². The van der Waals surface area contributed by atoms with Gasteiger partial charge in [0.25, 0.3) is 0 Å². The van der Waals surface area contributed by atoms with Crippen molar-refractivity contribution >= 4 is 17.2 Å². The Morgan fingerprint density at radius 2 is 2.00 bits per heavy atom. The summed E-state index contributed by atoms with van der Waals surface area (Å²) in [5.74, 6) is 0.580. The molecule has 2 aliphatic rings. The molecule has 1 fully saturated rings. The van der Waals surface area contributed by atoms with Crippen LogP contribution in [0.3, 0.4) is 0 Å². The molecule has 0 amide bonds. The highest BCUT2D eigenvalue weighted by Gasteiger charge is 2.26. The first-order valence-corrected chi connectivity index (χ1v) is 6.20. The van der Waals surface area contributed by atoms with Crippen molar-refractivity contribution < 1.29 is 4.74 Å². The van der Waals surface area contributed by atoms with Crippen molar-refractivity contribution in [1.82, 2.24) is 4.98 Å². The Kier molecular flexibility index (Phi) is 2.00. The third kappa shape index (κ3) is 1.51. The van der Waals surface area contributed by atoms with Gasteiger partial charge in [0.1, 0.15) is 12.5 Å². The molecule has 4 rings (SSSR count). The molecule has 3 nitrogen and oxygen atoms in total. The lowest BCUT2D eigenvalue weighted by Gasteiger charge is -1.98. The average molecular weight is 236 g/mol. The lowest BCUT2D eigenvalue weighted by molar-refractivity contribution is 0.452. The third-order valence-corrected chi connectivity index (χ3v) is 3.40. The molecule has 3 heteroatoms. The Labute approximate surface area is 104 Å². The van der Waals surface area contributed by atoms with Gasteiger partial charge in [-0.2, -0.15) is 0 Å². The maximum atomic E-state index is 5.46. The molecule has 1 saturated carbocycles. The van der Waals surface area contributed by atoms with E-state index in [0.717, 1.165) is 27.2 Å². The Hall–Kier alpha value is -2.16. The summed E-state index contributed by atoms with van der Waals surface area (Å²) in [4.78, 5) is 9.22. The number of nitrogens with zero attached hydrogens (tertiary/aromatic N) is 2. The van der Waals surface area contributed by atoms with E-state index < -0.39 is 0 Å². The maximum Gasteiger partial charge on any atom is 0.112 e. The van der Waals surface area contributed by atoms with E-state index in [9.17, 15) is 0 Å². The zero-order valence-corrected chi connectivity index (χ0v) is 9.84. The Bertz CT molecular complexity index is 773. The largest absolute Gasteiger partial charge is 0.470 e. The minimum Gasteiger partial charge on any atom is -0.470 e. The van der Waals surface area contributed by atoms with Gasteiger partial charge in [0, 0.05) is 17.5 Å². The lowest BCUT2D eigenvalue weighted by atomic mass is 10.2. The molecule has 88 valence electrons. The Morgan fingerprint density at radius 3 is 2.89 bits per heavy atom. The molecule has 0 N–H and O–H groups in total. The SMILES string of the molecule is C1=C(C2CC2)N=c2c(cnc3ccccc23)=CO1. The topological polar surface area (TPSA) is 34.5 Å². The fourth-order valence-corrected chi connectivity index (χ4v) is 2.25. The number of benzene rings is 1. The van der Waals surface area contributed by atoms with Crippen LogP contribution in [0, 0.1) is 5.92 Å². The van der Waals surface area contributed by atoms with Crippen molar-refractivity contribution in [1.29, 1.82) is 0 Å². The molecule has 1 aromatic heterocycles. The number of para-hydroxylation sites is 1. The van der Waals surface area contributed by atoms with Crippen LogP contribution in [0.15, 0.2) is 47.4 Å². The van der Waals surface area contributed by atoms with Crippen LogP contribution in [0.25, 0.3) is 17.2 Å². The van der Waals surface area contributed by atoms with E-state index >= 15 is 0 Å². The first-order valence-electron chi connectivity index (χ1n) is 6.20. The zero-order valence-electron chi connectivity index (χ0n) is 9.84. The van der Waals surface area contributed by atoms with Gasteiger partial charge in [-0.25, -0.2) is 4.99 Å². The molecule has 0 radical (unpaired) electrons. The molecule has 1 aliphatic carbocycles. The third-order valence-electron chi connectivity index (χ3n) is 3.40. The van der Waals surface area contributed by atoms with Crippen LogP contribution < -0.4 is 10.6 Å². The van der Waals surface area contributed by atoms with Gasteiger partial charge in [0.2, 0.25) is 0 Å². The lowest BCUT2D eigenvalue weighted by Crippen LogP contribution is -2.26. The van der Waals surface area contributed by atoms with Gasteiger partial charge in [-0.1, -0.05) is 18.2 Å². The highest BCUT2D eigenvalue weighted by molar-refractivity contribution is 5.77. The normalized spacial score (nSPS) is 17.9. The van der Waals surface area contributed by atoms with Crippen LogP contribution >= 0.6 is 0 Å². The predicted molar refractivity (Wildman–Crippen MR) is 68.9 cm³/mol. The number of fused-ring (bicyclic) bond motifs is 3. The van der Waals surface area contributed by atoms with E-state index in [2.05, 4.69) is 11.1 Å². The van der Waals surface area contributed by atoms with E-state index in [-0.39, 0.29) is 0 Å². The monoisotopic (exact) mass is 236 g/mol. The highest BCUT2D eigenvalue weighted by atomic mass is 16.5. The van der Waals surface area contributed by atoms with Crippen molar-refractivity contribution in [3.8, 4) is 0 Å². The minimum absolute atomic E-state index is 0.580. The number of hydrogen-bond donors (Lipinski definition) is 0. The average Bonchev–Trinajstić information content (AvgIpc) is 3.24. The van der Waals surface area contributed by atoms with E-state index in [1.807, 2.05) is 24.4 Å².